The Kier molecular flexibility index (Phi) is 8.42. The minimum atomic E-state index is -0.748. The molecule has 3 rings (SSSR count). The van der Waals surface area contributed by atoms with Crippen molar-refractivity contribution in [2.75, 3.05) is 12.8 Å². The van der Waals surface area contributed by atoms with Crippen molar-refractivity contribution in [2.24, 2.45) is 16.9 Å². The van der Waals surface area contributed by atoms with Crippen molar-refractivity contribution in [3.8, 4) is 0 Å². The van der Waals surface area contributed by atoms with Crippen LogP contribution in [-0.2, 0) is 14.4 Å². The zero-order valence-corrected chi connectivity index (χ0v) is 20.1. The van der Waals surface area contributed by atoms with Gasteiger partial charge in [0, 0.05) is 24.3 Å². The van der Waals surface area contributed by atoms with Crippen LogP contribution in [0.4, 0.5) is 0 Å². The number of amidine groups is 1. The number of rotatable bonds is 6. The third-order valence-corrected chi connectivity index (χ3v) is 8.63. The van der Waals surface area contributed by atoms with Crippen LogP contribution >= 0.6 is 11.8 Å². The molecule has 0 aromatic heterocycles. The molecule has 0 bridgehead atoms. The summed E-state index contributed by atoms with van der Waals surface area (Å²) in [5.41, 5.74) is 2.41. The third kappa shape index (κ3) is 6.24. The Labute approximate surface area is 190 Å². The van der Waals surface area contributed by atoms with Gasteiger partial charge in [-0.1, -0.05) is 56.7 Å². The molecule has 1 atom stereocenters. The number of ketones is 1. The largest absolute Gasteiger partial charge is 0.347 e. The van der Waals surface area contributed by atoms with Crippen molar-refractivity contribution >= 4 is 34.5 Å². The second-order valence-electron chi connectivity index (χ2n) is 9.93. The molecule has 0 aromatic rings. The lowest BCUT2D eigenvalue weighted by molar-refractivity contribution is -0.141. The van der Waals surface area contributed by atoms with Gasteiger partial charge in [0.2, 0.25) is 11.7 Å². The Hall–Kier alpha value is -1.57. The van der Waals surface area contributed by atoms with E-state index in [0.717, 1.165) is 63.5 Å². The van der Waals surface area contributed by atoms with Crippen LogP contribution in [0.15, 0.2) is 5.10 Å². The van der Waals surface area contributed by atoms with Crippen molar-refractivity contribution in [1.29, 1.82) is 0 Å². The van der Waals surface area contributed by atoms with Crippen molar-refractivity contribution in [2.45, 2.75) is 96.1 Å². The maximum atomic E-state index is 13.1. The predicted molar refractivity (Wildman–Crippen MR) is 125 cm³/mol. The van der Waals surface area contributed by atoms with E-state index in [1.807, 2.05) is 11.9 Å². The monoisotopic (exact) mass is 450 g/mol. The zero-order valence-electron chi connectivity index (χ0n) is 19.2. The fourth-order valence-electron chi connectivity index (χ4n) is 4.77. The number of nitrogens with one attached hydrogen (secondary N) is 2. The first-order chi connectivity index (χ1) is 14.8. The van der Waals surface area contributed by atoms with Crippen LogP contribution in [0.2, 0.25) is 0 Å². The molecule has 1 aliphatic heterocycles. The van der Waals surface area contributed by atoms with Gasteiger partial charge < -0.3 is 10.2 Å². The molecule has 1 heterocycles. The molecule has 1 unspecified atom stereocenters. The Morgan fingerprint density at radius 2 is 1.58 bits per heavy atom. The Balaban J connectivity index is 1.66. The Bertz CT molecular complexity index is 695. The minimum absolute atomic E-state index is 0.0249. The number of Topliss-reactive ketones (excluding diaryl/α,β-unsaturated/α-hetero) is 1. The van der Waals surface area contributed by atoms with Gasteiger partial charge in [-0.25, -0.2) is 5.43 Å². The standard InChI is InChI=1S/C23H38N4O3S/c1-23(2)15-31-22(27(23)3)26-25-21(30)19(28)18(16-11-9-6-10-12-16)24-20(29)17-13-7-4-5-8-14-17/h16-18H,4-15H2,1-3H3,(H,24,29)(H,25,30). The fourth-order valence-corrected chi connectivity index (χ4v) is 6.00. The number of hydrogen-bond acceptors (Lipinski definition) is 5. The van der Waals surface area contributed by atoms with E-state index in [1.165, 1.54) is 12.8 Å². The molecule has 7 nitrogen and oxygen atoms in total. The lowest BCUT2D eigenvalue weighted by Gasteiger charge is -2.30. The van der Waals surface area contributed by atoms with E-state index in [1.54, 1.807) is 11.8 Å². The first-order valence-electron chi connectivity index (χ1n) is 11.9. The van der Waals surface area contributed by atoms with E-state index >= 15 is 0 Å². The summed E-state index contributed by atoms with van der Waals surface area (Å²) in [6.07, 6.45) is 11.1. The van der Waals surface area contributed by atoms with Gasteiger partial charge >= 0.3 is 5.91 Å². The Morgan fingerprint density at radius 3 is 2.16 bits per heavy atom. The molecule has 0 aromatic carbocycles. The minimum Gasteiger partial charge on any atom is -0.347 e. The summed E-state index contributed by atoms with van der Waals surface area (Å²) in [7, 11) is 1.94. The molecular weight excluding hydrogens is 412 g/mol. The van der Waals surface area contributed by atoms with E-state index in [-0.39, 0.29) is 23.3 Å². The molecule has 1 saturated heterocycles. The second-order valence-corrected chi connectivity index (χ2v) is 10.9. The molecule has 0 spiro atoms. The van der Waals surface area contributed by atoms with E-state index in [9.17, 15) is 14.4 Å². The van der Waals surface area contributed by atoms with Crippen LogP contribution in [0.3, 0.4) is 0 Å². The summed E-state index contributed by atoms with van der Waals surface area (Å²) in [6.45, 7) is 4.22. The predicted octanol–water partition coefficient (Wildman–Crippen LogP) is 3.44. The van der Waals surface area contributed by atoms with Gasteiger partial charge in [0.1, 0.15) is 6.04 Å². The molecule has 2 aliphatic carbocycles. The van der Waals surface area contributed by atoms with Crippen LogP contribution in [0.25, 0.3) is 0 Å². The highest BCUT2D eigenvalue weighted by atomic mass is 32.2. The number of carbonyl (C=O) groups is 3. The number of nitrogens with zero attached hydrogens (tertiary/aromatic N) is 2. The average Bonchev–Trinajstić information content (AvgIpc) is 2.96. The third-order valence-electron chi connectivity index (χ3n) is 7.15. The Morgan fingerprint density at radius 1 is 1.00 bits per heavy atom. The second kappa shape index (κ2) is 10.8. The topological polar surface area (TPSA) is 90.9 Å². The molecule has 2 amide bonds. The summed E-state index contributed by atoms with van der Waals surface area (Å²) in [5.74, 6) is -0.509. The highest BCUT2D eigenvalue weighted by Crippen LogP contribution is 2.31. The lowest BCUT2D eigenvalue weighted by atomic mass is 9.81. The molecular formula is C23H38N4O3S. The lowest BCUT2D eigenvalue weighted by Crippen LogP contribution is -2.52. The maximum absolute atomic E-state index is 13.1. The van der Waals surface area contributed by atoms with Crippen LogP contribution in [0.1, 0.15) is 84.5 Å². The van der Waals surface area contributed by atoms with Crippen LogP contribution in [0.5, 0.6) is 0 Å². The smallest absolute Gasteiger partial charge is 0.309 e. The van der Waals surface area contributed by atoms with Crippen molar-refractivity contribution in [3.63, 3.8) is 0 Å². The van der Waals surface area contributed by atoms with E-state index < -0.39 is 17.7 Å². The first kappa shape index (κ1) is 24.1. The number of thioether (sulfide) groups is 1. The van der Waals surface area contributed by atoms with Gasteiger partial charge in [-0.15, -0.1) is 5.10 Å². The number of hydrazone groups is 1. The van der Waals surface area contributed by atoms with Crippen molar-refractivity contribution in [3.05, 3.63) is 0 Å². The number of carbonyl (C=O) groups excluding carboxylic acids is 3. The molecule has 31 heavy (non-hydrogen) atoms. The molecule has 2 saturated carbocycles. The van der Waals surface area contributed by atoms with Gasteiger partial charge in [-0.3, -0.25) is 14.4 Å². The molecule has 0 radical (unpaired) electrons. The van der Waals surface area contributed by atoms with Crippen molar-refractivity contribution in [1.82, 2.24) is 15.6 Å². The molecule has 3 fully saturated rings. The fraction of sp³-hybridized carbons (Fsp3) is 0.826. The van der Waals surface area contributed by atoms with Gasteiger partial charge in [-0.2, -0.15) is 0 Å². The normalized spacial score (nSPS) is 25.1. The first-order valence-corrected chi connectivity index (χ1v) is 12.9. The summed E-state index contributed by atoms with van der Waals surface area (Å²) in [6, 6.07) is -0.748. The molecule has 8 heteroatoms. The summed E-state index contributed by atoms with van der Waals surface area (Å²) < 4.78 is 0. The highest BCUT2D eigenvalue weighted by molar-refractivity contribution is 8.14. The average molecular weight is 451 g/mol. The van der Waals surface area contributed by atoms with Gasteiger partial charge in [0.05, 0.1) is 0 Å². The SMILES string of the molecule is CN1C(=NNC(=O)C(=O)C(NC(=O)C2CCCCCC2)C2CCCCC2)SCC1(C)C. The summed E-state index contributed by atoms with van der Waals surface area (Å²) in [4.78, 5) is 40.8. The summed E-state index contributed by atoms with van der Waals surface area (Å²) >= 11 is 1.56. The molecule has 2 N–H and O–H groups in total. The van der Waals surface area contributed by atoms with Crippen LogP contribution < -0.4 is 10.7 Å². The van der Waals surface area contributed by atoms with Gasteiger partial charge in [-0.05, 0) is 45.4 Å². The number of amides is 2. The van der Waals surface area contributed by atoms with Crippen LogP contribution in [0, 0.1) is 11.8 Å². The van der Waals surface area contributed by atoms with E-state index in [0.29, 0.717) is 5.17 Å². The molecule has 3 aliphatic rings. The van der Waals surface area contributed by atoms with Crippen LogP contribution in [-0.4, -0.2) is 52.0 Å². The number of hydrogen-bond donors (Lipinski definition) is 2. The van der Waals surface area contributed by atoms with Gasteiger partial charge in [0.25, 0.3) is 0 Å². The highest BCUT2D eigenvalue weighted by Gasteiger charge is 2.37. The maximum Gasteiger partial charge on any atom is 0.309 e. The zero-order chi connectivity index (χ0) is 22.4. The van der Waals surface area contributed by atoms with Gasteiger partial charge in [0.15, 0.2) is 5.17 Å². The summed E-state index contributed by atoms with van der Waals surface area (Å²) in [5, 5.41) is 7.90. The quantitative estimate of drug-likeness (QED) is 0.367. The molecule has 174 valence electrons. The van der Waals surface area contributed by atoms with E-state index in [4.69, 9.17) is 0 Å². The van der Waals surface area contributed by atoms with Crippen molar-refractivity contribution < 1.29 is 14.4 Å². The van der Waals surface area contributed by atoms with E-state index in [2.05, 4.69) is 29.7 Å².